The van der Waals surface area contributed by atoms with E-state index in [1.807, 2.05) is 0 Å². The van der Waals surface area contributed by atoms with Gasteiger partial charge in [0, 0.05) is 0 Å². The molecule has 0 saturated heterocycles. The molecule has 16 heavy (non-hydrogen) atoms. The van der Waals surface area contributed by atoms with E-state index in [2.05, 4.69) is 0 Å². The molecule has 9 N–H and O–H groups in total. The van der Waals surface area contributed by atoms with Gasteiger partial charge in [0.2, 0.25) is 0 Å². The molecule has 0 aliphatic rings. The van der Waals surface area contributed by atoms with Crippen LogP contribution in [0, 0.1) is 0 Å². The van der Waals surface area contributed by atoms with Crippen LogP contribution in [0.4, 0.5) is 0 Å². The van der Waals surface area contributed by atoms with Gasteiger partial charge < -0.3 is 44.0 Å². The van der Waals surface area contributed by atoms with E-state index < -0.39 is 23.5 Å². The number of hydrogen-bond acceptors (Lipinski definition) is 3. The molecule has 0 aromatic rings. The summed E-state index contributed by atoms with van der Waals surface area (Å²) in [5.74, 6) is 0. The molecule has 0 aliphatic heterocycles. The third-order valence-corrected chi connectivity index (χ3v) is 0. The Kier molecular flexibility index (Phi) is 15.8. The van der Waals surface area contributed by atoms with Gasteiger partial charge in [-0.3, -0.25) is 0 Å². The molecule has 0 fully saturated rings. The minimum absolute atomic E-state index is 0. The Morgan fingerprint density at radius 2 is 0.438 bits per heavy atom. The first-order chi connectivity index (χ1) is 6.00. The summed E-state index contributed by atoms with van der Waals surface area (Å²) in [5.41, 5.74) is 0. The van der Waals surface area contributed by atoms with Gasteiger partial charge in [-0.25, -0.2) is 13.7 Å². The molecule has 12 nitrogen and oxygen atoms in total. The molecule has 0 bridgehead atoms. The van der Waals surface area contributed by atoms with E-state index in [1.165, 1.54) is 0 Å². The maximum atomic E-state index is 8.88. The van der Waals surface area contributed by atoms with Gasteiger partial charge in [0.15, 0.2) is 0 Å². The Hall–Kier alpha value is 0.849. The van der Waals surface area contributed by atoms with Crippen molar-refractivity contribution in [1.29, 1.82) is 0 Å². The van der Waals surface area contributed by atoms with Crippen LogP contribution in [0.25, 0.3) is 0 Å². The summed E-state index contributed by atoms with van der Waals surface area (Å²) in [6, 6.07) is 0. The predicted molar refractivity (Wildman–Crippen MR) is 51.3 cm³/mol. The molecule has 0 saturated carbocycles. The van der Waals surface area contributed by atoms with Crippen LogP contribution in [0.15, 0.2) is 0 Å². The zero-order chi connectivity index (χ0) is 13.5. The zero-order valence-electron chi connectivity index (χ0n) is 7.09. The van der Waals surface area contributed by atoms with Crippen LogP contribution in [-0.4, -0.2) is 61.1 Å². The quantitative estimate of drug-likeness (QED) is 0.147. The number of rotatable bonds is 0. The molecule has 0 aliphatic carbocycles. The van der Waals surface area contributed by atoms with Crippen LogP contribution in [0.3, 0.4) is 0 Å². The normalized spacial score (nSPS) is 11.1. The van der Waals surface area contributed by atoms with Crippen LogP contribution in [0.1, 0.15) is 0 Å². The molecule has 0 amide bonds. The van der Waals surface area contributed by atoms with Crippen LogP contribution < -0.4 is 0 Å². The molecule has 0 radical (unpaired) electrons. The fourth-order valence-corrected chi connectivity index (χ4v) is 0. The monoisotopic (exact) mass is 376 g/mol. The first-order valence-corrected chi connectivity index (χ1v) is 7.04. The van der Waals surface area contributed by atoms with Gasteiger partial charge in [-0.15, -0.1) is 0 Å². The molecule has 104 valence electrons. The first kappa shape index (κ1) is 25.6. The van der Waals surface area contributed by atoms with Gasteiger partial charge in [0.25, 0.3) is 0 Å². The molecule has 0 aromatic heterocycles. The Balaban J connectivity index is -0.0000000655. The predicted octanol–water partition coefficient (Wildman–Crippen LogP) is -3.70. The van der Waals surface area contributed by atoms with Crippen molar-refractivity contribution in [2.75, 3.05) is 0 Å². The Morgan fingerprint density at radius 1 is 0.438 bits per heavy atom. The summed E-state index contributed by atoms with van der Waals surface area (Å²) in [4.78, 5) is 64.7. The molecule has 0 rings (SSSR count). The maximum absolute atomic E-state index is 8.88. The van der Waals surface area contributed by atoms with Crippen molar-refractivity contribution in [1.82, 2.24) is 0 Å². The van der Waals surface area contributed by atoms with Crippen LogP contribution in [0.2, 0.25) is 0 Å². The topological polar surface area (TPSA) is 233 Å². The van der Waals surface area contributed by atoms with Gasteiger partial charge in [-0.1, -0.05) is 0 Å². The molecule has 16 heteroatoms. The van der Waals surface area contributed by atoms with Crippen molar-refractivity contribution >= 4 is 40.5 Å². The van der Waals surface area contributed by atoms with Crippen LogP contribution in [-0.2, 0) is 13.7 Å². The van der Waals surface area contributed by atoms with E-state index in [0.29, 0.717) is 0 Å². The molecule has 0 aromatic carbocycles. The van der Waals surface area contributed by atoms with Gasteiger partial charge in [0.1, 0.15) is 0 Å². The van der Waals surface area contributed by atoms with E-state index >= 15 is 0 Å². The van der Waals surface area contributed by atoms with Crippen molar-refractivity contribution in [3.05, 3.63) is 0 Å². The Bertz CT molecular complexity index is 202. The molecule has 0 atom stereocenters. The van der Waals surface area contributed by atoms with E-state index in [-0.39, 0.29) is 17.1 Å². The van der Waals surface area contributed by atoms with Crippen LogP contribution >= 0.6 is 23.5 Å². The summed E-state index contributed by atoms with van der Waals surface area (Å²) in [7, 11) is -13.9. The molecule has 0 spiro atoms. The van der Waals surface area contributed by atoms with Gasteiger partial charge in [0.05, 0.1) is 0 Å². The third kappa shape index (κ3) is 3950. The Morgan fingerprint density at radius 3 is 0.438 bits per heavy atom. The summed E-state index contributed by atoms with van der Waals surface area (Å²) in [6.45, 7) is 0. The fourth-order valence-electron chi connectivity index (χ4n) is 0. The fraction of sp³-hybridized carbons (Fsp3) is 0. The van der Waals surface area contributed by atoms with Crippen molar-refractivity contribution in [2.24, 2.45) is 0 Å². The van der Waals surface area contributed by atoms with Gasteiger partial charge in [-0.2, -0.15) is 0 Å². The molecule has 0 unspecified atom stereocenters. The average Bonchev–Trinajstić information content (AvgIpc) is 1.41. The van der Waals surface area contributed by atoms with E-state index in [4.69, 9.17) is 57.7 Å². The standard InChI is InChI=1S/3H3O4P.H2Se/c3*1-5(2,3)4;/h3*(H3,1,2,3,4);1H2. The van der Waals surface area contributed by atoms with Crippen molar-refractivity contribution < 1.29 is 57.7 Å². The van der Waals surface area contributed by atoms with Crippen molar-refractivity contribution in [2.45, 2.75) is 0 Å². The Labute approximate surface area is 98.8 Å². The van der Waals surface area contributed by atoms with E-state index in [9.17, 15) is 0 Å². The van der Waals surface area contributed by atoms with E-state index in [1.54, 1.807) is 0 Å². The van der Waals surface area contributed by atoms with Crippen molar-refractivity contribution in [3.8, 4) is 0 Å². The molecular formula is H11O12P3Se. The second-order valence-electron chi connectivity index (χ2n) is 1.54. The first-order valence-electron chi connectivity index (χ1n) is 2.35. The van der Waals surface area contributed by atoms with Crippen LogP contribution in [0.5, 0.6) is 0 Å². The summed E-state index contributed by atoms with van der Waals surface area (Å²) in [5, 5.41) is 0. The second kappa shape index (κ2) is 9.84. The minimum atomic E-state index is -4.64. The molecule has 0 heterocycles. The van der Waals surface area contributed by atoms with Crippen molar-refractivity contribution in [3.63, 3.8) is 0 Å². The zero-order valence-corrected chi connectivity index (χ0v) is 11.9. The number of phosphoric acid groups is 3. The second-order valence-corrected chi connectivity index (χ2v) is 4.62. The summed E-state index contributed by atoms with van der Waals surface area (Å²) in [6.07, 6.45) is 0. The van der Waals surface area contributed by atoms with Gasteiger partial charge in [-0.05, 0) is 0 Å². The number of hydrogen-bond donors (Lipinski definition) is 9. The SMILES string of the molecule is O=P(O)(O)O.O=P(O)(O)O.O=P(O)(O)O.[SeH2]. The third-order valence-electron chi connectivity index (χ3n) is 0. The van der Waals surface area contributed by atoms with E-state index in [0.717, 1.165) is 0 Å². The summed E-state index contributed by atoms with van der Waals surface area (Å²) < 4.78 is 26.6. The van der Waals surface area contributed by atoms with Gasteiger partial charge >= 0.3 is 40.5 Å². The average molecular weight is 375 g/mol. The molecular weight excluding hydrogens is 364 g/mol. The summed E-state index contributed by atoms with van der Waals surface area (Å²) >= 11 is 0.